The minimum Gasteiger partial charge on any atom is -0.337 e. The van der Waals surface area contributed by atoms with E-state index >= 15 is 0 Å². The predicted molar refractivity (Wildman–Crippen MR) is 155 cm³/mol. The lowest BCUT2D eigenvalue weighted by atomic mass is 9.52. The van der Waals surface area contributed by atoms with Crippen molar-refractivity contribution in [2.24, 2.45) is 11.3 Å². The summed E-state index contributed by atoms with van der Waals surface area (Å²) < 4.78 is 0. The second-order valence-corrected chi connectivity index (χ2v) is 12.2. The van der Waals surface area contributed by atoms with Crippen LogP contribution in [-0.4, -0.2) is 23.2 Å². The molecule has 2 aromatic carbocycles. The number of hydrogen-bond acceptors (Lipinski definition) is 4. The standard InChI is InChI=1S/C33H42N4/c1-8-22-25-13-10-11-16-27(25)37-28-19-34-30(29-23(20(3)4)14-12-15-24(29)21(5)6)35-31(28)36(7)32(37)33(9-2)18-17-26(22)33/h10-16,19-22,26,32H,8-9,17-18H2,1-7H3. The maximum absolute atomic E-state index is 5.38. The highest BCUT2D eigenvalue weighted by molar-refractivity contribution is 5.84. The largest absolute Gasteiger partial charge is 0.337 e. The summed E-state index contributed by atoms with van der Waals surface area (Å²) in [5.41, 5.74) is 8.18. The average Bonchev–Trinajstić information content (AvgIpc) is 3.14. The highest BCUT2D eigenvalue weighted by Crippen LogP contribution is 2.66. The van der Waals surface area contributed by atoms with Gasteiger partial charge in [-0.2, -0.15) is 0 Å². The fourth-order valence-electron chi connectivity index (χ4n) is 8.02. The second kappa shape index (κ2) is 8.85. The first kappa shape index (κ1) is 24.5. The molecule has 0 spiro atoms. The van der Waals surface area contributed by atoms with E-state index in [0.29, 0.717) is 23.7 Å². The van der Waals surface area contributed by atoms with E-state index in [9.17, 15) is 0 Å². The van der Waals surface area contributed by atoms with Crippen molar-refractivity contribution in [2.75, 3.05) is 16.8 Å². The van der Waals surface area contributed by atoms with E-state index in [0.717, 1.165) is 17.3 Å². The molecule has 4 heteroatoms. The van der Waals surface area contributed by atoms with Crippen LogP contribution in [0.1, 0.15) is 102 Å². The number of anilines is 3. The fraction of sp³-hybridized carbons (Fsp3) is 0.515. The molecule has 0 saturated heterocycles. The van der Waals surface area contributed by atoms with Gasteiger partial charge in [-0.25, -0.2) is 9.97 Å². The Morgan fingerprint density at radius 3 is 2.24 bits per heavy atom. The van der Waals surface area contributed by atoms with Gasteiger partial charge in [0.2, 0.25) is 0 Å². The third-order valence-corrected chi connectivity index (χ3v) is 9.90. The summed E-state index contributed by atoms with van der Waals surface area (Å²) in [4.78, 5) is 15.6. The van der Waals surface area contributed by atoms with E-state index in [2.05, 4.69) is 107 Å². The maximum Gasteiger partial charge on any atom is 0.162 e. The normalized spacial score (nSPS) is 25.9. The molecule has 1 aliphatic carbocycles. The van der Waals surface area contributed by atoms with Crippen LogP contribution in [-0.2, 0) is 0 Å². The minimum atomic E-state index is 0.258. The van der Waals surface area contributed by atoms with Crippen molar-refractivity contribution in [3.8, 4) is 11.4 Å². The van der Waals surface area contributed by atoms with Crippen LogP contribution in [0, 0.1) is 11.3 Å². The molecule has 4 atom stereocenters. The van der Waals surface area contributed by atoms with Crippen molar-refractivity contribution in [3.63, 3.8) is 0 Å². The zero-order valence-corrected chi connectivity index (χ0v) is 23.6. The number of para-hydroxylation sites is 1. The SMILES string of the molecule is CCC1c2ccccc2N2c3cnc(-c4c(C(C)C)cccc4C(C)C)nc3N(C)C2C2(CC)CCC12. The Bertz CT molecular complexity index is 1300. The molecule has 1 fully saturated rings. The van der Waals surface area contributed by atoms with Crippen molar-refractivity contribution in [1.82, 2.24) is 9.97 Å². The lowest BCUT2D eigenvalue weighted by Gasteiger charge is -2.57. The van der Waals surface area contributed by atoms with Crippen LogP contribution in [0.3, 0.4) is 0 Å². The van der Waals surface area contributed by atoms with Gasteiger partial charge in [0.15, 0.2) is 11.6 Å². The molecule has 6 rings (SSSR count). The van der Waals surface area contributed by atoms with Crippen LogP contribution >= 0.6 is 0 Å². The van der Waals surface area contributed by atoms with Crippen LogP contribution in [0.4, 0.5) is 17.2 Å². The Balaban J connectivity index is 1.57. The van der Waals surface area contributed by atoms with Crippen molar-refractivity contribution >= 4 is 17.2 Å². The Labute approximate surface area is 223 Å². The zero-order chi connectivity index (χ0) is 26.1. The number of rotatable bonds is 5. The Hall–Kier alpha value is -2.88. The van der Waals surface area contributed by atoms with E-state index in [1.165, 1.54) is 53.6 Å². The van der Waals surface area contributed by atoms with Gasteiger partial charge in [0, 0.05) is 23.7 Å². The van der Waals surface area contributed by atoms with Gasteiger partial charge in [-0.05, 0) is 72.1 Å². The Kier molecular flexibility index (Phi) is 5.85. The van der Waals surface area contributed by atoms with Crippen LogP contribution in [0.2, 0.25) is 0 Å². The molecule has 2 aliphatic heterocycles. The molecule has 4 unspecified atom stereocenters. The summed E-state index contributed by atoms with van der Waals surface area (Å²) in [5.74, 6) is 4.08. The summed E-state index contributed by atoms with van der Waals surface area (Å²) in [6.45, 7) is 13.9. The quantitative estimate of drug-likeness (QED) is 0.355. The summed E-state index contributed by atoms with van der Waals surface area (Å²) in [6.07, 6.45) is 7.39. The number of fused-ring (bicyclic) bond motifs is 7. The number of nitrogens with zero attached hydrogens (tertiary/aromatic N) is 4. The number of aromatic nitrogens is 2. The summed E-state index contributed by atoms with van der Waals surface area (Å²) in [7, 11) is 2.28. The maximum atomic E-state index is 5.38. The minimum absolute atomic E-state index is 0.258. The van der Waals surface area contributed by atoms with E-state index in [1.807, 2.05) is 0 Å². The molecule has 3 aromatic rings. The topological polar surface area (TPSA) is 32.3 Å². The third-order valence-electron chi connectivity index (χ3n) is 9.90. The number of benzene rings is 2. The van der Waals surface area contributed by atoms with Gasteiger partial charge < -0.3 is 9.80 Å². The molecule has 0 radical (unpaired) electrons. The highest BCUT2D eigenvalue weighted by atomic mass is 15.5. The monoisotopic (exact) mass is 494 g/mol. The van der Waals surface area contributed by atoms with Gasteiger partial charge in [-0.15, -0.1) is 0 Å². The Morgan fingerprint density at radius 1 is 0.946 bits per heavy atom. The molecule has 1 aromatic heterocycles. The van der Waals surface area contributed by atoms with Gasteiger partial charge in [0.05, 0.1) is 6.20 Å². The van der Waals surface area contributed by atoms with Gasteiger partial charge in [-0.3, -0.25) is 0 Å². The lowest BCUT2D eigenvalue weighted by molar-refractivity contribution is -0.0150. The molecule has 4 nitrogen and oxygen atoms in total. The molecule has 0 amide bonds. The van der Waals surface area contributed by atoms with E-state index in [1.54, 1.807) is 0 Å². The van der Waals surface area contributed by atoms with Crippen molar-refractivity contribution < 1.29 is 0 Å². The first-order valence-electron chi connectivity index (χ1n) is 14.4. The first-order chi connectivity index (χ1) is 17.8. The molecule has 0 bridgehead atoms. The summed E-state index contributed by atoms with van der Waals surface area (Å²) >= 11 is 0. The summed E-state index contributed by atoms with van der Waals surface area (Å²) in [6, 6.07) is 15.9. The third kappa shape index (κ3) is 3.33. The zero-order valence-electron chi connectivity index (χ0n) is 23.6. The van der Waals surface area contributed by atoms with E-state index in [-0.39, 0.29) is 11.6 Å². The van der Waals surface area contributed by atoms with Crippen LogP contribution in [0.15, 0.2) is 48.7 Å². The number of hydrogen-bond donors (Lipinski definition) is 0. The van der Waals surface area contributed by atoms with Gasteiger partial charge in [-0.1, -0.05) is 77.9 Å². The Morgan fingerprint density at radius 2 is 1.65 bits per heavy atom. The van der Waals surface area contributed by atoms with Crippen molar-refractivity contribution in [2.45, 2.75) is 91.1 Å². The molecule has 3 heterocycles. The predicted octanol–water partition coefficient (Wildman–Crippen LogP) is 8.62. The summed E-state index contributed by atoms with van der Waals surface area (Å²) in [5, 5.41) is 0. The molecule has 1 saturated carbocycles. The molecule has 0 N–H and O–H groups in total. The van der Waals surface area contributed by atoms with Crippen molar-refractivity contribution in [3.05, 3.63) is 65.4 Å². The van der Waals surface area contributed by atoms with Crippen molar-refractivity contribution in [1.29, 1.82) is 0 Å². The molecular formula is C33H42N4. The fourth-order valence-corrected chi connectivity index (χ4v) is 8.02. The second-order valence-electron chi connectivity index (χ2n) is 12.2. The van der Waals surface area contributed by atoms with Gasteiger partial charge >= 0.3 is 0 Å². The molecule has 3 aliphatic rings. The van der Waals surface area contributed by atoms with Gasteiger partial charge in [0.25, 0.3) is 0 Å². The highest BCUT2D eigenvalue weighted by Gasteiger charge is 2.61. The average molecular weight is 495 g/mol. The van der Waals surface area contributed by atoms with E-state index in [4.69, 9.17) is 9.97 Å². The van der Waals surface area contributed by atoms with Crippen LogP contribution in [0.25, 0.3) is 11.4 Å². The van der Waals surface area contributed by atoms with Gasteiger partial charge in [0.1, 0.15) is 11.9 Å². The molecule has 194 valence electrons. The van der Waals surface area contributed by atoms with Crippen LogP contribution < -0.4 is 9.80 Å². The lowest BCUT2D eigenvalue weighted by Crippen LogP contribution is -2.59. The smallest absolute Gasteiger partial charge is 0.162 e. The first-order valence-corrected chi connectivity index (χ1v) is 14.4. The van der Waals surface area contributed by atoms with E-state index < -0.39 is 0 Å². The van der Waals surface area contributed by atoms with Crippen LogP contribution in [0.5, 0.6) is 0 Å². The molecular weight excluding hydrogens is 452 g/mol. The molecule has 37 heavy (non-hydrogen) atoms.